The summed E-state index contributed by atoms with van der Waals surface area (Å²) in [5.41, 5.74) is 2.08. The molecule has 0 N–H and O–H groups in total. The van der Waals surface area contributed by atoms with Gasteiger partial charge in [0.15, 0.2) is 0 Å². The normalized spacial score (nSPS) is 21.8. The monoisotopic (exact) mass is 384 g/mol. The van der Waals surface area contributed by atoms with Gasteiger partial charge in [-0.25, -0.2) is 19.2 Å². The standard InChI is InChI=1S/C21H25FN4O2/c1-2-3-20-23-10-16(11-24-20)12-25-13-18-19(14-25)28-21(27)26(18)9-8-15-4-6-17(22)7-5-15/h4-7,10-11,18-19H,2-3,8-9,12-14H2,1H3/t18-,19+/m1/s1. The van der Waals surface area contributed by atoms with E-state index < -0.39 is 0 Å². The number of fused-ring (bicyclic) bond motifs is 1. The summed E-state index contributed by atoms with van der Waals surface area (Å²) in [5.74, 6) is 0.632. The Balaban J connectivity index is 1.33. The number of carbonyl (C=O) groups is 1. The third kappa shape index (κ3) is 4.14. The number of amides is 1. The molecule has 0 saturated carbocycles. The molecular weight excluding hydrogens is 359 g/mol. The van der Waals surface area contributed by atoms with Gasteiger partial charge >= 0.3 is 6.09 Å². The van der Waals surface area contributed by atoms with E-state index in [-0.39, 0.29) is 24.1 Å². The number of aryl methyl sites for hydroxylation is 1. The predicted molar refractivity (Wildman–Crippen MR) is 102 cm³/mol. The van der Waals surface area contributed by atoms with Gasteiger partial charge in [0.2, 0.25) is 0 Å². The molecule has 2 aromatic rings. The molecule has 7 heteroatoms. The molecule has 2 aliphatic rings. The van der Waals surface area contributed by atoms with Crippen LogP contribution in [-0.4, -0.2) is 57.6 Å². The van der Waals surface area contributed by atoms with Crippen LogP contribution in [0.3, 0.4) is 0 Å². The van der Waals surface area contributed by atoms with Gasteiger partial charge in [0.05, 0.1) is 6.04 Å². The third-order valence-corrected chi connectivity index (χ3v) is 5.39. The average molecular weight is 384 g/mol. The number of likely N-dealkylation sites (tertiary alicyclic amines) is 1. The first-order valence-electron chi connectivity index (χ1n) is 9.86. The van der Waals surface area contributed by atoms with Gasteiger partial charge in [0.25, 0.3) is 0 Å². The summed E-state index contributed by atoms with van der Waals surface area (Å²) in [7, 11) is 0. The molecule has 0 radical (unpaired) electrons. The smallest absolute Gasteiger partial charge is 0.410 e. The molecular formula is C21H25FN4O2. The summed E-state index contributed by atoms with van der Waals surface area (Å²) >= 11 is 0. The lowest BCUT2D eigenvalue weighted by atomic mass is 10.1. The molecule has 0 spiro atoms. The number of hydrogen-bond donors (Lipinski definition) is 0. The maximum Gasteiger partial charge on any atom is 0.410 e. The number of halogens is 1. The van der Waals surface area contributed by atoms with E-state index in [0.717, 1.165) is 49.4 Å². The summed E-state index contributed by atoms with van der Waals surface area (Å²) in [6.45, 7) is 4.94. The van der Waals surface area contributed by atoms with Crippen LogP contribution in [0, 0.1) is 5.82 Å². The molecule has 1 aromatic heterocycles. The number of carbonyl (C=O) groups excluding carboxylic acids is 1. The van der Waals surface area contributed by atoms with E-state index in [1.54, 1.807) is 12.1 Å². The van der Waals surface area contributed by atoms with E-state index in [1.165, 1.54) is 12.1 Å². The molecule has 0 unspecified atom stereocenters. The zero-order chi connectivity index (χ0) is 19.5. The van der Waals surface area contributed by atoms with Crippen LogP contribution in [0.5, 0.6) is 0 Å². The summed E-state index contributed by atoms with van der Waals surface area (Å²) < 4.78 is 18.6. The van der Waals surface area contributed by atoms with Crippen molar-refractivity contribution in [3.8, 4) is 0 Å². The van der Waals surface area contributed by atoms with E-state index in [0.29, 0.717) is 13.0 Å². The Bertz CT molecular complexity index is 812. The fourth-order valence-corrected chi connectivity index (χ4v) is 3.94. The van der Waals surface area contributed by atoms with Crippen molar-refractivity contribution < 1.29 is 13.9 Å². The summed E-state index contributed by atoms with van der Waals surface area (Å²) in [5, 5.41) is 0. The molecule has 148 valence electrons. The van der Waals surface area contributed by atoms with Crippen molar-refractivity contribution in [3.05, 3.63) is 59.4 Å². The minimum atomic E-state index is -0.248. The van der Waals surface area contributed by atoms with Crippen molar-refractivity contribution in [2.75, 3.05) is 19.6 Å². The first-order valence-corrected chi connectivity index (χ1v) is 9.86. The first-order chi connectivity index (χ1) is 13.6. The molecule has 3 heterocycles. The lowest BCUT2D eigenvalue weighted by molar-refractivity contribution is 0.120. The topological polar surface area (TPSA) is 58.6 Å². The van der Waals surface area contributed by atoms with Gasteiger partial charge in [-0.05, 0) is 30.5 Å². The Hall–Kier alpha value is -2.54. The average Bonchev–Trinajstić information content (AvgIpc) is 3.19. The molecule has 28 heavy (non-hydrogen) atoms. The van der Waals surface area contributed by atoms with Crippen molar-refractivity contribution >= 4 is 6.09 Å². The summed E-state index contributed by atoms with van der Waals surface area (Å²) in [6, 6.07) is 6.49. The Kier molecular flexibility index (Phi) is 5.52. The van der Waals surface area contributed by atoms with Crippen LogP contribution in [0.15, 0.2) is 36.7 Å². The quantitative estimate of drug-likeness (QED) is 0.735. The van der Waals surface area contributed by atoms with E-state index in [4.69, 9.17) is 4.74 Å². The summed E-state index contributed by atoms with van der Waals surface area (Å²) in [4.78, 5) is 25.2. The zero-order valence-corrected chi connectivity index (χ0v) is 16.1. The Labute approximate surface area is 164 Å². The maximum absolute atomic E-state index is 13.0. The van der Waals surface area contributed by atoms with Gasteiger partial charge in [0, 0.05) is 50.6 Å². The molecule has 2 saturated heterocycles. The van der Waals surface area contributed by atoms with Gasteiger partial charge in [-0.2, -0.15) is 0 Å². The van der Waals surface area contributed by atoms with Gasteiger partial charge in [-0.15, -0.1) is 0 Å². The number of hydrogen-bond acceptors (Lipinski definition) is 5. The molecule has 0 bridgehead atoms. The number of nitrogens with zero attached hydrogens (tertiary/aromatic N) is 4. The molecule has 1 aromatic carbocycles. The summed E-state index contributed by atoms with van der Waals surface area (Å²) in [6.07, 6.45) is 6.06. The number of aromatic nitrogens is 2. The van der Waals surface area contributed by atoms with Gasteiger partial charge < -0.3 is 4.74 Å². The highest BCUT2D eigenvalue weighted by Crippen LogP contribution is 2.28. The number of benzene rings is 1. The van der Waals surface area contributed by atoms with Crippen LogP contribution < -0.4 is 0 Å². The molecule has 2 aliphatic heterocycles. The minimum Gasteiger partial charge on any atom is -0.442 e. The van der Waals surface area contributed by atoms with E-state index in [9.17, 15) is 9.18 Å². The van der Waals surface area contributed by atoms with E-state index >= 15 is 0 Å². The van der Waals surface area contributed by atoms with E-state index in [2.05, 4.69) is 21.8 Å². The van der Waals surface area contributed by atoms with Crippen LogP contribution in [-0.2, 0) is 24.1 Å². The van der Waals surface area contributed by atoms with Crippen LogP contribution in [0.4, 0.5) is 9.18 Å². The predicted octanol–water partition coefficient (Wildman–Crippen LogP) is 2.82. The Morgan fingerprint density at radius 1 is 1.11 bits per heavy atom. The van der Waals surface area contributed by atoms with Crippen molar-refractivity contribution in [3.63, 3.8) is 0 Å². The highest BCUT2D eigenvalue weighted by atomic mass is 19.1. The fourth-order valence-electron chi connectivity index (χ4n) is 3.94. The molecule has 1 amide bonds. The zero-order valence-electron chi connectivity index (χ0n) is 16.1. The molecule has 0 aliphatic carbocycles. The molecule has 2 fully saturated rings. The first kappa shape index (κ1) is 18.8. The lowest BCUT2D eigenvalue weighted by Gasteiger charge is -2.22. The van der Waals surface area contributed by atoms with Gasteiger partial charge in [-0.1, -0.05) is 19.1 Å². The Morgan fingerprint density at radius 2 is 1.86 bits per heavy atom. The Morgan fingerprint density at radius 3 is 2.57 bits per heavy atom. The van der Waals surface area contributed by atoms with Gasteiger partial charge in [0.1, 0.15) is 17.7 Å². The van der Waals surface area contributed by atoms with Gasteiger partial charge in [-0.3, -0.25) is 9.80 Å². The van der Waals surface area contributed by atoms with Crippen LogP contribution in [0.1, 0.15) is 30.3 Å². The number of ether oxygens (including phenoxy) is 1. The highest BCUT2D eigenvalue weighted by molar-refractivity contribution is 5.71. The SMILES string of the molecule is CCCc1ncc(CN2C[C@@H]3OC(=O)N(CCc4ccc(F)cc4)[C@@H]3C2)cn1. The largest absolute Gasteiger partial charge is 0.442 e. The number of rotatable bonds is 7. The van der Waals surface area contributed by atoms with Crippen LogP contribution >= 0.6 is 0 Å². The van der Waals surface area contributed by atoms with Crippen molar-refractivity contribution in [1.29, 1.82) is 0 Å². The second-order valence-corrected chi connectivity index (χ2v) is 7.51. The third-order valence-electron chi connectivity index (χ3n) is 5.39. The fraction of sp³-hybridized carbons (Fsp3) is 0.476. The minimum absolute atomic E-state index is 0.0632. The van der Waals surface area contributed by atoms with Crippen molar-refractivity contribution in [1.82, 2.24) is 19.8 Å². The van der Waals surface area contributed by atoms with Crippen LogP contribution in [0.25, 0.3) is 0 Å². The van der Waals surface area contributed by atoms with Crippen molar-refractivity contribution in [2.45, 2.75) is 44.9 Å². The maximum atomic E-state index is 13.0. The lowest BCUT2D eigenvalue weighted by Crippen LogP contribution is -2.39. The second kappa shape index (κ2) is 8.22. The molecule has 6 nitrogen and oxygen atoms in total. The molecule has 4 rings (SSSR count). The van der Waals surface area contributed by atoms with E-state index in [1.807, 2.05) is 17.3 Å². The van der Waals surface area contributed by atoms with Crippen LogP contribution in [0.2, 0.25) is 0 Å². The van der Waals surface area contributed by atoms with Crippen molar-refractivity contribution in [2.24, 2.45) is 0 Å². The highest BCUT2D eigenvalue weighted by Gasteiger charge is 2.47. The molecule has 2 atom stereocenters. The second-order valence-electron chi connectivity index (χ2n) is 7.51.